The summed E-state index contributed by atoms with van der Waals surface area (Å²) in [5, 5.41) is 12.9. The number of hydrogen-bond donors (Lipinski definition) is 2. The molecule has 2 N–H and O–H groups in total. The van der Waals surface area contributed by atoms with Crippen LogP contribution in [0.4, 0.5) is 22.7 Å². The zero-order valence-electron chi connectivity index (χ0n) is 21.4. The Morgan fingerprint density at radius 3 is 2.19 bits per heavy atom. The lowest BCUT2D eigenvalue weighted by Crippen LogP contribution is -2.24. The Morgan fingerprint density at radius 2 is 1.62 bits per heavy atom. The fraction of sp³-hybridized carbons (Fsp3) is 0.387. The topological polar surface area (TPSA) is 71.0 Å². The number of nitrogens with zero attached hydrogens (tertiary/aromatic N) is 1. The van der Waals surface area contributed by atoms with Gasteiger partial charge in [0.1, 0.15) is 12.4 Å². The molecule has 6 nitrogen and oxygen atoms in total. The maximum Gasteiger partial charge on any atom is 0.337 e. The molecule has 0 saturated heterocycles. The van der Waals surface area contributed by atoms with Gasteiger partial charge < -0.3 is 24.8 Å². The third kappa shape index (κ3) is 4.23. The van der Waals surface area contributed by atoms with E-state index in [0.717, 1.165) is 34.8 Å². The zero-order valence-corrected chi connectivity index (χ0v) is 21.4. The van der Waals surface area contributed by atoms with Crippen molar-refractivity contribution in [2.75, 3.05) is 37.6 Å². The molecule has 0 aliphatic heterocycles. The predicted molar refractivity (Wildman–Crippen MR) is 146 cm³/mol. The minimum absolute atomic E-state index is 0.157. The summed E-state index contributed by atoms with van der Waals surface area (Å²) >= 11 is 0. The lowest BCUT2D eigenvalue weighted by molar-refractivity contribution is 0.0697. The number of ether oxygens (including phenoxy) is 2. The third-order valence-electron chi connectivity index (χ3n) is 9.02. The number of nitrogens with one attached hydrogen (secondary N) is 1. The Hall–Kier alpha value is -3.51. The van der Waals surface area contributed by atoms with E-state index in [1.165, 1.54) is 31.7 Å². The summed E-state index contributed by atoms with van der Waals surface area (Å²) in [5.41, 5.74) is 5.73. The first-order valence-corrected chi connectivity index (χ1v) is 13.2. The highest BCUT2D eigenvalue weighted by Crippen LogP contribution is 2.70. The number of methoxy groups -OCH3 is 1. The van der Waals surface area contributed by atoms with Crippen molar-refractivity contribution < 1.29 is 19.4 Å². The highest BCUT2D eigenvalue weighted by Gasteiger charge is 2.63. The molecule has 7 rings (SSSR count). The van der Waals surface area contributed by atoms with Gasteiger partial charge >= 0.3 is 5.97 Å². The van der Waals surface area contributed by atoms with E-state index in [0.29, 0.717) is 30.1 Å². The Kier molecular flexibility index (Phi) is 6.07. The van der Waals surface area contributed by atoms with Gasteiger partial charge in [-0.25, -0.2) is 4.79 Å². The minimum Gasteiger partial charge on any atom is -0.491 e. The van der Waals surface area contributed by atoms with Gasteiger partial charge in [0, 0.05) is 31.2 Å². The van der Waals surface area contributed by atoms with Crippen LogP contribution in [0.1, 0.15) is 41.6 Å². The van der Waals surface area contributed by atoms with Gasteiger partial charge in [-0.15, -0.1) is 0 Å². The molecule has 0 spiro atoms. The van der Waals surface area contributed by atoms with Gasteiger partial charge in [0.2, 0.25) is 0 Å². The second-order valence-corrected chi connectivity index (χ2v) is 10.9. The minimum atomic E-state index is -1.01. The molecule has 6 heteroatoms. The van der Waals surface area contributed by atoms with Gasteiger partial charge in [0.15, 0.2) is 0 Å². The monoisotopic (exact) mass is 498 g/mol. The van der Waals surface area contributed by atoms with Crippen molar-refractivity contribution in [3.05, 3.63) is 77.9 Å². The van der Waals surface area contributed by atoms with Crippen LogP contribution in [0.3, 0.4) is 0 Å². The average Bonchev–Trinajstić information content (AvgIpc) is 3.66. The van der Waals surface area contributed by atoms with Crippen LogP contribution in [0.25, 0.3) is 0 Å². The van der Waals surface area contributed by atoms with Gasteiger partial charge in [-0.3, -0.25) is 0 Å². The molecule has 4 aliphatic rings. The Morgan fingerprint density at radius 1 is 0.973 bits per heavy atom. The second-order valence-electron chi connectivity index (χ2n) is 10.9. The van der Waals surface area contributed by atoms with E-state index in [4.69, 9.17) is 9.47 Å². The van der Waals surface area contributed by atoms with Crippen molar-refractivity contribution in [3.63, 3.8) is 0 Å². The fourth-order valence-electron chi connectivity index (χ4n) is 7.22. The van der Waals surface area contributed by atoms with Crippen LogP contribution >= 0.6 is 0 Å². The van der Waals surface area contributed by atoms with Crippen molar-refractivity contribution in [2.24, 2.45) is 17.8 Å². The molecule has 0 heterocycles. The standard InChI is InChI=1S/C31H34N2O4/c1-33(25-7-3-22(4-8-25)31-18-20-15-23(31)16-21(20)19-31)26-9-5-24(6-10-26)32-29-12-11-27(37-14-13-36-2)17-28(29)30(34)35/h3-12,17,20-21,23,32H,13-16,18-19H2,1-2H3,(H,34,35). The van der Waals surface area contributed by atoms with Crippen molar-refractivity contribution in [1.29, 1.82) is 0 Å². The van der Waals surface area contributed by atoms with Crippen LogP contribution in [0.15, 0.2) is 66.7 Å². The van der Waals surface area contributed by atoms with Crippen molar-refractivity contribution in [2.45, 2.75) is 31.1 Å². The first-order chi connectivity index (χ1) is 18.0. The van der Waals surface area contributed by atoms with Crippen LogP contribution in [0, 0.1) is 17.8 Å². The summed E-state index contributed by atoms with van der Waals surface area (Å²) < 4.78 is 10.5. The molecule has 0 amide bonds. The van der Waals surface area contributed by atoms with E-state index in [1.54, 1.807) is 24.8 Å². The van der Waals surface area contributed by atoms with E-state index >= 15 is 0 Å². The van der Waals surface area contributed by atoms with Crippen molar-refractivity contribution >= 4 is 28.7 Å². The average molecular weight is 499 g/mol. The molecule has 3 aromatic rings. The molecule has 4 saturated carbocycles. The van der Waals surface area contributed by atoms with E-state index in [9.17, 15) is 9.90 Å². The van der Waals surface area contributed by atoms with Crippen LogP contribution < -0.4 is 15.0 Å². The van der Waals surface area contributed by atoms with Gasteiger partial charge in [0.05, 0.1) is 17.9 Å². The fourth-order valence-corrected chi connectivity index (χ4v) is 7.22. The van der Waals surface area contributed by atoms with Crippen LogP contribution in [0.2, 0.25) is 0 Å². The van der Waals surface area contributed by atoms with Crippen LogP contribution in [-0.4, -0.2) is 38.4 Å². The first kappa shape index (κ1) is 23.9. The molecule has 0 radical (unpaired) electrons. The van der Waals surface area contributed by atoms with E-state index in [-0.39, 0.29) is 5.56 Å². The summed E-state index contributed by atoms with van der Waals surface area (Å²) in [6.45, 7) is 0.803. The lowest BCUT2D eigenvalue weighted by Gasteiger charge is -2.30. The van der Waals surface area contributed by atoms with E-state index in [2.05, 4.69) is 41.5 Å². The molecule has 3 aromatic carbocycles. The number of benzene rings is 3. The maximum atomic E-state index is 11.8. The Bertz CT molecular complexity index is 1270. The maximum absolute atomic E-state index is 11.8. The zero-order chi connectivity index (χ0) is 25.6. The van der Waals surface area contributed by atoms with E-state index in [1.807, 2.05) is 24.3 Å². The number of rotatable bonds is 10. The molecule has 4 aliphatic carbocycles. The van der Waals surface area contributed by atoms with Gasteiger partial charge in [-0.05, 0) is 109 Å². The predicted octanol–water partition coefficient (Wildman–Crippen LogP) is 6.61. The number of hydrogen-bond acceptors (Lipinski definition) is 5. The lowest BCUT2D eigenvalue weighted by atomic mass is 9.75. The summed E-state index contributed by atoms with van der Waals surface area (Å²) in [7, 11) is 3.68. The number of anilines is 4. The summed E-state index contributed by atoms with van der Waals surface area (Å²) in [5.74, 6) is 2.37. The Balaban J connectivity index is 1.13. The number of carboxylic acid groups (broad SMARTS) is 1. The highest BCUT2D eigenvalue weighted by molar-refractivity contribution is 5.95. The third-order valence-corrected chi connectivity index (χ3v) is 9.02. The molecule has 4 bridgehead atoms. The highest BCUT2D eigenvalue weighted by atomic mass is 16.5. The number of aromatic carboxylic acids is 1. The van der Waals surface area contributed by atoms with Crippen molar-refractivity contribution in [1.82, 2.24) is 0 Å². The number of carbonyl (C=O) groups is 1. The molecule has 0 aromatic heterocycles. The molecular formula is C31H34N2O4. The first-order valence-electron chi connectivity index (χ1n) is 13.2. The number of carboxylic acids is 1. The second kappa shape index (κ2) is 9.42. The smallest absolute Gasteiger partial charge is 0.337 e. The van der Waals surface area contributed by atoms with Gasteiger partial charge in [-0.2, -0.15) is 0 Å². The molecule has 2 unspecified atom stereocenters. The van der Waals surface area contributed by atoms with Crippen LogP contribution in [-0.2, 0) is 10.2 Å². The van der Waals surface area contributed by atoms with Crippen molar-refractivity contribution in [3.8, 4) is 5.75 Å². The van der Waals surface area contributed by atoms with Gasteiger partial charge in [-0.1, -0.05) is 12.1 Å². The van der Waals surface area contributed by atoms with E-state index < -0.39 is 5.97 Å². The quantitative estimate of drug-likeness (QED) is 0.307. The Labute approximate surface area is 218 Å². The molecule has 37 heavy (non-hydrogen) atoms. The van der Waals surface area contributed by atoms with Gasteiger partial charge in [0.25, 0.3) is 0 Å². The molecule has 4 fully saturated rings. The molecule has 2 atom stereocenters. The SMILES string of the molecule is COCCOc1ccc(Nc2ccc(N(C)c3ccc(C45CC6CC4CC6C5)cc3)cc2)c(C(=O)O)c1. The van der Waals surface area contributed by atoms with Crippen LogP contribution in [0.5, 0.6) is 5.75 Å². The summed E-state index contributed by atoms with van der Waals surface area (Å²) in [6.07, 6.45) is 5.71. The molecule has 192 valence electrons. The normalized spacial score (nSPS) is 25.0. The summed E-state index contributed by atoms with van der Waals surface area (Å²) in [6, 6.07) is 22.3. The molecular weight excluding hydrogens is 464 g/mol. The summed E-state index contributed by atoms with van der Waals surface area (Å²) in [4.78, 5) is 14.0. The largest absolute Gasteiger partial charge is 0.491 e.